The number of nitrogens with two attached hydrogens (primary N) is 1. The van der Waals surface area contributed by atoms with Crippen molar-refractivity contribution in [2.45, 2.75) is 32.6 Å². The van der Waals surface area contributed by atoms with E-state index in [0.717, 1.165) is 31.8 Å². The normalized spacial score (nSPS) is 16.2. The van der Waals surface area contributed by atoms with Crippen LogP contribution in [-0.2, 0) is 4.74 Å². The molecule has 2 rings (SSSR count). The van der Waals surface area contributed by atoms with Crippen LogP contribution in [0.3, 0.4) is 0 Å². The van der Waals surface area contributed by atoms with Crippen molar-refractivity contribution < 1.29 is 9.53 Å². The first-order chi connectivity index (χ1) is 9.67. The Balaban J connectivity index is 2.12. The molecule has 1 fully saturated rings. The number of anilines is 2. The predicted octanol–water partition coefficient (Wildman–Crippen LogP) is 2.47. The Kier molecular flexibility index (Phi) is 4.82. The highest BCUT2D eigenvalue weighted by Crippen LogP contribution is 2.29. The van der Waals surface area contributed by atoms with Gasteiger partial charge in [0.05, 0.1) is 18.4 Å². The van der Waals surface area contributed by atoms with Gasteiger partial charge in [-0.15, -0.1) is 0 Å². The van der Waals surface area contributed by atoms with Crippen LogP contribution in [0.25, 0.3) is 0 Å². The molecule has 1 aromatic rings. The Labute approximate surface area is 120 Å². The molecule has 0 radical (unpaired) electrons. The van der Waals surface area contributed by atoms with Crippen LogP contribution in [0, 0.1) is 5.92 Å². The van der Waals surface area contributed by atoms with E-state index < -0.39 is 5.97 Å². The summed E-state index contributed by atoms with van der Waals surface area (Å²) in [5.41, 5.74) is 6.90. The maximum atomic E-state index is 11.7. The van der Waals surface area contributed by atoms with Crippen LogP contribution in [0.1, 0.15) is 43.0 Å². The second-order valence-electron chi connectivity index (χ2n) is 5.31. The number of nitrogen functional groups attached to an aromatic ring is 1. The average Bonchev–Trinajstić information content (AvgIpc) is 2.48. The van der Waals surface area contributed by atoms with Crippen molar-refractivity contribution >= 4 is 17.5 Å². The van der Waals surface area contributed by atoms with Crippen molar-refractivity contribution in [1.82, 2.24) is 4.98 Å². The minimum atomic E-state index is -0.410. The van der Waals surface area contributed by atoms with E-state index >= 15 is 0 Å². The largest absolute Gasteiger partial charge is 0.465 e. The molecular weight excluding hydrogens is 254 g/mol. The van der Waals surface area contributed by atoms with Gasteiger partial charge in [-0.05, 0) is 24.8 Å². The van der Waals surface area contributed by atoms with E-state index in [9.17, 15) is 4.79 Å². The summed E-state index contributed by atoms with van der Waals surface area (Å²) in [7, 11) is 1.36. The molecule has 2 N–H and O–H groups in total. The SMILES string of the molecule is CCCC1CCN(c2nccc(C(=O)OC)c2N)CC1. The first kappa shape index (κ1) is 14.6. The Morgan fingerprint density at radius 2 is 2.20 bits per heavy atom. The summed E-state index contributed by atoms with van der Waals surface area (Å²) < 4.78 is 4.74. The van der Waals surface area contributed by atoms with E-state index in [2.05, 4.69) is 16.8 Å². The van der Waals surface area contributed by atoms with Gasteiger partial charge in [-0.1, -0.05) is 19.8 Å². The minimum Gasteiger partial charge on any atom is -0.465 e. The molecule has 2 heterocycles. The van der Waals surface area contributed by atoms with Crippen LogP contribution < -0.4 is 10.6 Å². The second kappa shape index (κ2) is 6.59. The number of ether oxygens (including phenoxy) is 1. The molecule has 5 heteroatoms. The van der Waals surface area contributed by atoms with Crippen molar-refractivity contribution in [3.63, 3.8) is 0 Å². The topological polar surface area (TPSA) is 68.5 Å². The number of hydrogen-bond acceptors (Lipinski definition) is 5. The van der Waals surface area contributed by atoms with Gasteiger partial charge in [0.15, 0.2) is 5.82 Å². The van der Waals surface area contributed by atoms with E-state index in [0.29, 0.717) is 17.1 Å². The van der Waals surface area contributed by atoms with Gasteiger partial charge >= 0.3 is 5.97 Å². The lowest BCUT2D eigenvalue weighted by atomic mass is 9.92. The van der Waals surface area contributed by atoms with Gasteiger partial charge in [-0.25, -0.2) is 9.78 Å². The molecule has 0 spiro atoms. The van der Waals surface area contributed by atoms with Gasteiger partial charge in [0, 0.05) is 19.3 Å². The predicted molar refractivity (Wildman–Crippen MR) is 79.8 cm³/mol. The molecule has 0 unspecified atom stereocenters. The van der Waals surface area contributed by atoms with Gasteiger partial charge in [0.2, 0.25) is 0 Å². The highest BCUT2D eigenvalue weighted by Gasteiger charge is 2.23. The number of carbonyl (C=O) groups is 1. The number of aromatic nitrogens is 1. The molecule has 1 aliphatic rings. The number of pyridine rings is 1. The molecule has 0 aliphatic carbocycles. The zero-order chi connectivity index (χ0) is 14.5. The lowest BCUT2D eigenvalue weighted by molar-refractivity contribution is 0.0602. The summed E-state index contributed by atoms with van der Waals surface area (Å²) in [6.07, 6.45) is 6.48. The quantitative estimate of drug-likeness (QED) is 0.856. The Morgan fingerprint density at radius 1 is 1.50 bits per heavy atom. The molecule has 1 aromatic heterocycles. The first-order valence-electron chi connectivity index (χ1n) is 7.25. The zero-order valence-corrected chi connectivity index (χ0v) is 12.3. The first-order valence-corrected chi connectivity index (χ1v) is 7.25. The van der Waals surface area contributed by atoms with E-state index in [1.165, 1.54) is 20.0 Å². The highest BCUT2D eigenvalue weighted by molar-refractivity contribution is 5.97. The zero-order valence-electron chi connectivity index (χ0n) is 12.3. The summed E-state index contributed by atoms with van der Waals surface area (Å²) in [6.45, 7) is 4.13. The fourth-order valence-corrected chi connectivity index (χ4v) is 2.84. The maximum Gasteiger partial charge on any atom is 0.340 e. The molecule has 0 bridgehead atoms. The molecule has 0 aromatic carbocycles. The third-order valence-electron chi connectivity index (χ3n) is 3.99. The van der Waals surface area contributed by atoms with Crippen molar-refractivity contribution in [2.75, 3.05) is 30.8 Å². The molecule has 0 saturated carbocycles. The molecule has 1 aliphatic heterocycles. The Hall–Kier alpha value is -1.78. The third-order valence-corrected chi connectivity index (χ3v) is 3.99. The van der Waals surface area contributed by atoms with Gasteiger partial charge < -0.3 is 15.4 Å². The fraction of sp³-hybridized carbons (Fsp3) is 0.600. The lowest BCUT2D eigenvalue weighted by Gasteiger charge is -2.33. The summed E-state index contributed by atoms with van der Waals surface area (Å²) in [5, 5.41) is 0. The van der Waals surface area contributed by atoms with E-state index in [-0.39, 0.29) is 0 Å². The number of carbonyl (C=O) groups excluding carboxylic acids is 1. The van der Waals surface area contributed by atoms with Gasteiger partial charge in [0.1, 0.15) is 0 Å². The molecular formula is C15H23N3O2. The van der Waals surface area contributed by atoms with Crippen LogP contribution in [0.2, 0.25) is 0 Å². The fourth-order valence-electron chi connectivity index (χ4n) is 2.84. The summed E-state index contributed by atoms with van der Waals surface area (Å²) in [4.78, 5) is 18.2. The molecule has 0 atom stereocenters. The van der Waals surface area contributed by atoms with E-state index in [1.54, 1.807) is 12.3 Å². The Morgan fingerprint density at radius 3 is 2.80 bits per heavy atom. The van der Waals surface area contributed by atoms with Crippen LogP contribution in [0.15, 0.2) is 12.3 Å². The van der Waals surface area contributed by atoms with Crippen LogP contribution >= 0.6 is 0 Å². The van der Waals surface area contributed by atoms with Gasteiger partial charge in [-0.2, -0.15) is 0 Å². The third kappa shape index (κ3) is 3.03. The molecule has 110 valence electrons. The number of hydrogen-bond donors (Lipinski definition) is 1. The molecule has 1 saturated heterocycles. The molecule has 0 amide bonds. The highest BCUT2D eigenvalue weighted by atomic mass is 16.5. The molecule has 20 heavy (non-hydrogen) atoms. The number of esters is 1. The Bertz CT molecular complexity index is 468. The van der Waals surface area contributed by atoms with E-state index in [1.807, 2.05) is 0 Å². The number of methoxy groups -OCH3 is 1. The van der Waals surface area contributed by atoms with Crippen molar-refractivity contribution in [1.29, 1.82) is 0 Å². The monoisotopic (exact) mass is 277 g/mol. The van der Waals surface area contributed by atoms with Crippen LogP contribution in [0.4, 0.5) is 11.5 Å². The number of piperidine rings is 1. The number of rotatable bonds is 4. The summed E-state index contributed by atoms with van der Waals surface area (Å²) >= 11 is 0. The van der Waals surface area contributed by atoms with Crippen LogP contribution in [0.5, 0.6) is 0 Å². The molecule has 5 nitrogen and oxygen atoms in total. The smallest absolute Gasteiger partial charge is 0.340 e. The van der Waals surface area contributed by atoms with Gasteiger partial charge in [0.25, 0.3) is 0 Å². The summed E-state index contributed by atoms with van der Waals surface area (Å²) in [6, 6.07) is 1.61. The van der Waals surface area contributed by atoms with Crippen molar-refractivity contribution in [2.24, 2.45) is 5.92 Å². The van der Waals surface area contributed by atoms with Crippen molar-refractivity contribution in [3.05, 3.63) is 17.8 Å². The second-order valence-corrected chi connectivity index (χ2v) is 5.31. The van der Waals surface area contributed by atoms with Crippen LogP contribution in [-0.4, -0.2) is 31.2 Å². The average molecular weight is 277 g/mol. The minimum absolute atomic E-state index is 0.396. The number of nitrogens with zero attached hydrogens (tertiary/aromatic N) is 2. The maximum absolute atomic E-state index is 11.7. The lowest BCUT2D eigenvalue weighted by Crippen LogP contribution is -2.35. The standard InChI is InChI=1S/C15H23N3O2/c1-3-4-11-6-9-18(10-7-11)14-13(16)12(5-8-17-14)15(19)20-2/h5,8,11H,3-4,6-7,9-10,16H2,1-2H3. The van der Waals surface area contributed by atoms with Gasteiger partial charge in [-0.3, -0.25) is 0 Å². The summed E-state index contributed by atoms with van der Waals surface area (Å²) in [5.74, 6) is 1.11. The van der Waals surface area contributed by atoms with Crippen molar-refractivity contribution in [3.8, 4) is 0 Å². The van der Waals surface area contributed by atoms with E-state index in [4.69, 9.17) is 10.5 Å².